The summed E-state index contributed by atoms with van der Waals surface area (Å²) in [5.41, 5.74) is 1.24. The molecule has 2 N–H and O–H groups in total. The molecule has 0 saturated heterocycles. The fraction of sp³-hybridized carbons (Fsp3) is 0.0714. The highest BCUT2D eigenvalue weighted by Gasteiger charge is 2.07. The van der Waals surface area contributed by atoms with Gasteiger partial charge in [0.1, 0.15) is 11.6 Å². The molecule has 0 aliphatic carbocycles. The van der Waals surface area contributed by atoms with Gasteiger partial charge in [0.05, 0.1) is 5.69 Å². The van der Waals surface area contributed by atoms with E-state index in [9.17, 15) is 8.78 Å². The van der Waals surface area contributed by atoms with Gasteiger partial charge in [0, 0.05) is 15.7 Å². The number of nitrogens with one attached hydrogen (secondary N) is 2. The highest BCUT2D eigenvalue weighted by atomic mass is 79.9. The van der Waals surface area contributed by atoms with Crippen molar-refractivity contribution in [3.05, 3.63) is 58.1 Å². The molecule has 2 aromatic carbocycles. The molecule has 0 fully saturated rings. The van der Waals surface area contributed by atoms with Crippen LogP contribution in [0.1, 0.15) is 5.56 Å². The number of rotatable bonds is 2. The molecule has 0 aliphatic rings. The maximum Gasteiger partial charge on any atom is 0.175 e. The van der Waals surface area contributed by atoms with Crippen molar-refractivity contribution < 1.29 is 8.78 Å². The first-order chi connectivity index (χ1) is 9.47. The molecule has 2 rings (SSSR count). The number of benzene rings is 2. The Kier molecular flexibility index (Phi) is 4.67. The molecule has 0 aromatic heterocycles. The summed E-state index contributed by atoms with van der Waals surface area (Å²) in [6, 6.07) is 9.23. The van der Waals surface area contributed by atoms with Crippen LogP contribution in [0.25, 0.3) is 0 Å². The number of halogens is 3. The lowest BCUT2D eigenvalue weighted by Crippen LogP contribution is -2.20. The Balaban J connectivity index is 2.11. The number of hydrogen-bond acceptors (Lipinski definition) is 1. The minimum absolute atomic E-state index is 0.194. The van der Waals surface area contributed by atoms with Gasteiger partial charge < -0.3 is 10.6 Å². The molecule has 0 atom stereocenters. The van der Waals surface area contributed by atoms with Gasteiger partial charge in [0.2, 0.25) is 0 Å². The molecule has 0 bridgehead atoms. The van der Waals surface area contributed by atoms with E-state index in [1.807, 2.05) is 0 Å². The minimum atomic E-state index is -0.431. The van der Waals surface area contributed by atoms with Crippen molar-refractivity contribution in [1.29, 1.82) is 0 Å². The first-order valence-electron chi connectivity index (χ1n) is 5.75. The summed E-state index contributed by atoms with van der Waals surface area (Å²) in [4.78, 5) is 0. The largest absolute Gasteiger partial charge is 0.332 e. The van der Waals surface area contributed by atoms with Crippen LogP contribution < -0.4 is 10.6 Å². The standard InChI is InChI=1S/C14H11BrF2N2S/c1-8-10(16)3-2-4-12(8)18-14(20)19-13-6-5-9(15)7-11(13)17/h2-7H,1H3,(H2,18,19,20). The Morgan fingerprint density at radius 2 is 1.75 bits per heavy atom. The van der Waals surface area contributed by atoms with E-state index in [4.69, 9.17) is 12.2 Å². The third kappa shape index (κ3) is 3.52. The zero-order chi connectivity index (χ0) is 14.7. The quantitative estimate of drug-likeness (QED) is 0.752. The molecule has 0 saturated carbocycles. The van der Waals surface area contributed by atoms with E-state index in [1.54, 1.807) is 31.2 Å². The smallest absolute Gasteiger partial charge is 0.175 e. The molecule has 0 heterocycles. The van der Waals surface area contributed by atoms with Gasteiger partial charge in [-0.05, 0) is 49.5 Å². The van der Waals surface area contributed by atoms with Gasteiger partial charge in [-0.15, -0.1) is 0 Å². The molecule has 2 aromatic rings. The molecule has 104 valence electrons. The van der Waals surface area contributed by atoms with Gasteiger partial charge in [-0.25, -0.2) is 8.78 Å². The summed E-state index contributed by atoms with van der Waals surface area (Å²) in [5, 5.41) is 5.77. The topological polar surface area (TPSA) is 24.1 Å². The third-order valence-electron chi connectivity index (χ3n) is 2.70. The van der Waals surface area contributed by atoms with Gasteiger partial charge in [-0.1, -0.05) is 22.0 Å². The van der Waals surface area contributed by atoms with Crippen molar-refractivity contribution in [2.75, 3.05) is 10.6 Å². The monoisotopic (exact) mass is 356 g/mol. The zero-order valence-corrected chi connectivity index (χ0v) is 12.9. The Labute approximate surface area is 129 Å². The van der Waals surface area contributed by atoms with Gasteiger partial charge >= 0.3 is 0 Å². The highest BCUT2D eigenvalue weighted by molar-refractivity contribution is 9.10. The fourth-order valence-corrected chi connectivity index (χ4v) is 2.16. The minimum Gasteiger partial charge on any atom is -0.332 e. The van der Waals surface area contributed by atoms with Crippen molar-refractivity contribution in [2.45, 2.75) is 6.92 Å². The molecule has 0 radical (unpaired) electrons. The summed E-state index contributed by atoms with van der Waals surface area (Å²) in [7, 11) is 0. The van der Waals surface area contributed by atoms with E-state index in [-0.39, 0.29) is 16.6 Å². The van der Waals surface area contributed by atoms with Crippen LogP contribution in [0.3, 0.4) is 0 Å². The number of anilines is 2. The third-order valence-corrected chi connectivity index (χ3v) is 3.39. The summed E-state index contributed by atoms with van der Waals surface area (Å²) in [5.74, 6) is -0.757. The summed E-state index contributed by atoms with van der Waals surface area (Å²) in [6.45, 7) is 1.64. The average Bonchev–Trinajstić information content (AvgIpc) is 2.38. The molecule has 0 spiro atoms. The van der Waals surface area contributed by atoms with E-state index < -0.39 is 5.82 Å². The summed E-state index contributed by atoms with van der Waals surface area (Å²) < 4.78 is 27.7. The zero-order valence-electron chi connectivity index (χ0n) is 10.5. The number of thiocarbonyl (C=S) groups is 1. The van der Waals surface area contributed by atoms with E-state index in [0.29, 0.717) is 15.7 Å². The lowest BCUT2D eigenvalue weighted by molar-refractivity contribution is 0.619. The van der Waals surface area contributed by atoms with Crippen molar-refractivity contribution in [2.24, 2.45) is 0 Å². The van der Waals surface area contributed by atoms with Crippen molar-refractivity contribution in [3.8, 4) is 0 Å². The maximum absolute atomic E-state index is 13.7. The Morgan fingerprint density at radius 1 is 1.05 bits per heavy atom. The molecule has 2 nitrogen and oxygen atoms in total. The van der Waals surface area contributed by atoms with Crippen molar-refractivity contribution in [3.63, 3.8) is 0 Å². The van der Waals surface area contributed by atoms with E-state index in [1.165, 1.54) is 12.1 Å². The fourth-order valence-electron chi connectivity index (χ4n) is 1.61. The predicted octanol–water partition coefficient (Wildman–Crippen LogP) is 4.84. The van der Waals surface area contributed by atoms with E-state index >= 15 is 0 Å². The Morgan fingerprint density at radius 3 is 2.45 bits per heavy atom. The first kappa shape index (κ1) is 14.9. The van der Waals surface area contributed by atoms with Crippen LogP contribution in [0.15, 0.2) is 40.9 Å². The Bertz CT molecular complexity index is 662. The molecular weight excluding hydrogens is 346 g/mol. The van der Waals surface area contributed by atoms with Gasteiger partial charge in [0.15, 0.2) is 5.11 Å². The van der Waals surface area contributed by atoms with Crippen molar-refractivity contribution >= 4 is 44.6 Å². The molecule has 6 heteroatoms. The van der Waals surface area contributed by atoms with Crippen LogP contribution in [0, 0.1) is 18.6 Å². The molecular formula is C14H11BrF2N2S. The summed E-state index contributed by atoms with van der Waals surface area (Å²) >= 11 is 8.27. The van der Waals surface area contributed by atoms with Crippen LogP contribution in [-0.2, 0) is 0 Å². The average molecular weight is 357 g/mol. The summed E-state index contributed by atoms with van der Waals surface area (Å²) in [6.07, 6.45) is 0. The van der Waals surface area contributed by atoms with Crippen LogP contribution in [0.4, 0.5) is 20.2 Å². The van der Waals surface area contributed by atoms with Crippen LogP contribution in [0.2, 0.25) is 0 Å². The van der Waals surface area contributed by atoms with Gasteiger partial charge in [-0.2, -0.15) is 0 Å². The highest BCUT2D eigenvalue weighted by Crippen LogP contribution is 2.21. The van der Waals surface area contributed by atoms with Gasteiger partial charge in [-0.3, -0.25) is 0 Å². The Hall–Kier alpha value is -1.53. The molecule has 20 heavy (non-hydrogen) atoms. The normalized spacial score (nSPS) is 10.2. The maximum atomic E-state index is 13.7. The second-order valence-corrected chi connectivity index (χ2v) is 5.44. The van der Waals surface area contributed by atoms with Crippen molar-refractivity contribution in [1.82, 2.24) is 0 Å². The lowest BCUT2D eigenvalue weighted by Gasteiger charge is -2.13. The van der Waals surface area contributed by atoms with Crippen LogP contribution >= 0.6 is 28.1 Å². The SMILES string of the molecule is Cc1c(F)cccc1NC(=S)Nc1ccc(Br)cc1F. The molecule has 0 amide bonds. The van der Waals surface area contributed by atoms with Gasteiger partial charge in [0.25, 0.3) is 0 Å². The lowest BCUT2D eigenvalue weighted by atomic mass is 10.2. The van der Waals surface area contributed by atoms with E-state index in [2.05, 4.69) is 26.6 Å². The first-order valence-corrected chi connectivity index (χ1v) is 6.95. The second-order valence-electron chi connectivity index (χ2n) is 4.12. The van der Waals surface area contributed by atoms with Crippen LogP contribution in [-0.4, -0.2) is 5.11 Å². The van der Waals surface area contributed by atoms with E-state index in [0.717, 1.165) is 0 Å². The molecule has 0 aliphatic heterocycles. The predicted molar refractivity (Wildman–Crippen MR) is 85.1 cm³/mol. The molecule has 0 unspecified atom stereocenters. The number of hydrogen-bond donors (Lipinski definition) is 2. The second kappa shape index (κ2) is 6.28. The van der Waals surface area contributed by atoms with Crippen LogP contribution in [0.5, 0.6) is 0 Å².